The van der Waals surface area contributed by atoms with Crippen molar-refractivity contribution in [2.75, 3.05) is 7.11 Å². The molecule has 96 valence electrons. The Morgan fingerprint density at radius 3 is 2.63 bits per heavy atom. The van der Waals surface area contributed by atoms with E-state index in [1.807, 2.05) is 6.07 Å². The first-order valence-corrected chi connectivity index (χ1v) is 5.65. The van der Waals surface area contributed by atoms with E-state index in [2.05, 4.69) is 0 Å². The topological polar surface area (TPSA) is 33.0 Å². The highest BCUT2D eigenvalue weighted by Gasteiger charge is 2.10. The Hall–Kier alpha value is -2.41. The van der Waals surface area contributed by atoms with E-state index < -0.39 is 11.6 Å². The van der Waals surface area contributed by atoms with E-state index in [1.54, 1.807) is 18.2 Å². The third-order valence-electron chi connectivity index (χ3n) is 2.79. The fourth-order valence-electron chi connectivity index (χ4n) is 1.89. The summed E-state index contributed by atoms with van der Waals surface area (Å²) >= 11 is 0. The standard InChI is InChI=1S/C15H11F2NO/c1-19-15-5-2-10(8-11(15)6-7-18)13-9-12(16)3-4-14(13)17/h2-5,8-9H,6H2,1H3. The lowest BCUT2D eigenvalue weighted by Crippen LogP contribution is -1.93. The summed E-state index contributed by atoms with van der Waals surface area (Å²) in [6, 6.07) is 10.2. The Labute approximate surface area is 109 Å². The summed E-state index contributed by atoms with van der Waals surface area (Å²) in [5.41, 5.74) is 1.33. The van der Waals surface area contributed by atoms with Gasteiger partial charge in [-0.25, -0.2) is 8.78 Å². The van der Waals surface area contributed by atoms with Crippen LogP contribution < -0.4 is 4.74 Å². The number of nitrogens with zero attached hydrogens (tertiary/aromatic N) is 1. The van der Waals surface area contributed by atoms with Gasteiger partial charge in [0.1, 0.15) is 17.4 Å². The lowest BCUT2D eigenvalue weighted by molar-refractivity contribution is 0.411. The van der Waals surface area contributed by atoms with Crippen molar-refractivity contribution in [3.8, 4) is 22.9 Å². The summed E-state index contributed by atoms with van der Waals surface area (Å²) in [7, 11) is 1.50. The maximum atomic E-state index is 13.7. The van der Waals surface area contributed by atoms with Gasteiger partial charge in [-0.05, 0) is 35.9 Å². The average Bonchev–Trinajstić information content (AvgIpc) is 2.42. The van der Waals surface area contributed by atoms with Gasteiger partial charge in [0.05, 0.1) is 19.6 Å². The maximum Gasteiger partial charge on any atom is 0.131 e. The Kier molecular flexibility index (Phi) is 3.76. The van der Waals surface area contributed by atoms with Crippen molar-refractivity contribution in [3.05, 3.63) is 53.6 Å². The van der Waals surface area contributed by atoms with Crippen LogP contribution in [0, 0.1) is 23.0 Å². The minimum atomic E-state index is -0.506. The molecule has 0 spiro atoms. The largest absolute Gasteiger partial charge is 0.496 e. The molecule has 0 radical (unpaired) electrons. The zero-order valence-corrected chi connectivity index (χ0v) is 10.3. The second-order valence-electron chi connectivity index (χ2n) is 3.99. The molecule has 0 saturated carbocycles. The predicted octanol–water partition coefficient (Wildman–Crippen LogP) is 3.71. The highest BCUT2D eigenvalue weighted by atomic mass is 19.1. The lowest BCUT2D eigenvalue weighted by atomic mass is 10.0. The smallest absolute Gasteiger partial charge is 0.131 e. The van der Waals surface area contributed by atoms with Gasteiger partial charge in [0, 0.05) is 11.1 Å². The number of benzene rings is 2. The van der Waals surface area contributed by atoms with Crippen molar-refractivity contribution in [1.29, 1.82) is 5.26 Å². The Morgan fingerprint density at radius 1 is 1.16 bits per heavy atom. The summed E-state index contributed by atoms with van der Waals surface area (Å²) in [6.07, 6.45) is 0.147. The number of nitriles is 1. The Bertz CT molecular complexity index is 647. The fraction of sp³-hybridized carbons (Fsp3) is 0.133. The fourth-order valence-corrected chi connectivity index (χ4v) is 1.89. The first kappa shape index (κ1) is 13.0. The molecular formula is C15H11F2NO. The second-order valence-corrected chi connectivity index (χ2v) is 3.99. The van der Waals surface area contributed by atoms with Crippen LogP contribution in [0.5, 0.6) is 5.75 Å². The summed E-state index contributed by atoms with van der Waals surface area (Å²) in [5, 5.41) is 8.76. The van der Waals surface area contributed by atoms with Crippen molar-refractivity contribution in [2.24, 2.45) is 0 Å². The summed E-state index contributed by atoms with van der Waals surface area (Å²) < 4.78 is 32.0. The van der Waals surface area contributed by atoms with E-state index in [4.69, 9.17) is 10.00 Å². The molecular weight excluding hydrogens is 248 g/mol. The molecule has 19 heavy (non-hydrogen) atoms. The van der Waals surface area contributed by atoms with E-state index in [0.29, 0.717) is 16.9 Å². The molecule has 0 aliphatic heterocycles. The molecule has 0 aliphatic carbocycles. The van der Waals surface area contributed by atoms with Gasteiger partial charge in [0.25, 0.3) is 0 Å². The predicted molar refractivity (Wildman–Crippen MR) is 67.7 cm³/mol. The van der Waals surface area contributed by atoms with Crippen molar-refractivity contribution in [2.45, 2.75) is 6.42 Å². The average molecular weight is 259 g/mol. The Balaban J connectivity index is 2.54. The van der Waals surface area contributed by atoms with Gasteiger partial charge in [0.15, 0.2) is 0 Å². The molecule has 0 fully saturated rings. The molecule has 2 nitrogen and oxygen atoms in total. The minimum Gasteiger partial charge on any atom is -0.496 e. The SMILES string of the molecule is COc1ccc(-c2cc(F)ccc2F)cc1CC#N. The van der Waals surface area contributed by atoms with Crippen LogP contribution in [0.2, 0.25) is 0 Å². The highest BCUT2D eigenvalue weighted by Crippen LogP contribution is 2.29. The third-order valence-corrected chi connectivity index (χ3v) is 2.79. The van der Waals surface area contributed by atoms with Crippen LogP contribution in [0.4, 0.5) is 8.78 Å². The van der Waals surface area contributed by atoms with Gasteiger partial charge >= 0.3 is 0 Å². The van der Waals surface area contributed by atoms with Gasteiger partial charge in [-0.1, -0.05) is 6.07 Å². The van der Waals surface area contributed by atoms with E-state index in [1.165, 1.54) is 7.11 Å². The molecule has 0 amide bonds. The molecule has 2 rings (SSSR count). The van der Waals surface area contributed by atoms with E-state index in [-0.39, 0.29) is 12.0 Å². The van der Waals surface area contributed by atoms with Crippen molar-refractivity contribution < 1.29 is 13.5 Å². The van der Waals surface area contributed by atoms with Gasteiger partial charge in [-0.3, -0.25) is 0 Å². The van der Waals surface area contributed by atoms with Gasteiger partial charge in [0.2, 0.25) is 0 Å². The summed E-state index contributed by atoms with van der Waals surface area (Å²) in [6.45, 7) is 0. The van der Waals surface area contributed by atoms with E-state index in [0.717, 1.165) is 18.2 Å². The molecule has 2 aromatic rings. The van der Waals surface area contributed by atoms with Gasteiger partial charge in [-0.15, -0.1) is 0 Å². The number of rotatable bonds is 3. The first-order valence-electron chi connectivity index (χ1n) is 5.65. The quantitative estimate of drug-likeness (QED) is 0.841. The zero-order valence-electron chi connectivity index (χ0n) is 10.3. The molecule has 0 aromatic heterocycles. The van der Waals surface area contributed by atoms with Crippen LogP contribution in [-0.4, -0.2) is 7.11 Å². The van der Waals surface area contributed by atoms with Crippen LogP contribution in [0.25, 0.3) is 11.1 Å². The molecule has 0 aliphatic rings. The summed E-state index contributed by atoms with van der Waals surface area (Å²) in [5.74, 6) is -0.453. The van der Waals surface area contributed by atoms with Crippen LogP contribution in [0.1, 0.15) is 5.56 Å². The molecule has 0 atom stereocenters. The number of methoxy groups -OCH3 is 1. The number of hydrogen-bond acceptors (Lipinski definition) is 2. The molecule has 0 N–H and O–H groups in total. The van der Waals surface area contributed by atoms with Crippen LogP contribution in [0.3, 0.4) is 0 Å². The van der Waals surface area contributed by atoms with Gasteiger partial charge in [-0.2, -0.15) is 5.26 Å². The first-order chi connectivity index (χ1) is 9.15. The lowest BCUT2D eigenvalue weighted by Gasteiger charge is -2.09. The van der Waals surface area contributed by atoms with Crippen LogP contribution in [-0.2, 0) is 6.42 Å². The second kappa shape index (κ2) is 5.49. The molecule has 0 unspecified atom stereocenters. The van der Waals surface area contributed by atoms with Crippen LogP contribution in [0.15, 0.2) is 36.4 Å². The van der Waals surface area contributed by atoms with Crippen LogP contribution >= 0.6 is 0 Å². The highest BCUT2D eigenvalue weighted by molar-refractivity contribution is 5.66. The maximum absolute atomic E-state index is 13.7. The van der Waals surface area contributed by atoms with Crippen molar-refractivity contribution in [1.82, 2.24) is 0 Å². The molecule has 0 bridgehead atoms. The number of ether oxygens (including phenoxy) is 1. The molecule has 0 heterocycles. The Morgan fingerprint density at radius 2 is 1.95 bits per heavy atom. The molecule has 2 aromatic carbocycles. The summed E-state index contributed by atoms with van der Waals surface area (Å²) in [4.78, 5) is 0. The molecule has 0 saturated heterocycles. The van der Waals surface area contributed by atoms with Crippen molar-refractivity contribution in [3.63, 3.8) is 0 Å². The number of hydrogen-bond donors (Lipinski definition) is 0. The van der Waals surface area contributed by atoms with E-state index >= 15 is 0 Å². The van der Waals surface area contributed by atoms with Gasteiger partial charge < -0.3 is 4.74 Å². The normalized spacial score (nSPS) is 10.0. The monoisotopic (exact) mass is 259 g/mol. The van der Waals surface area contributed by atoms with E-state index in [9.17, 15) is 8.78 Å². The third kappa shape index (κ3) is 2.71. The number of halogens is 2. The molecule has 4 heteroatoms. The zero-order chi connectivity index (χ0) is 13.8. The minimum absolute atomic E-state index is 0.147. The van der Waals surface area contributed by atoms with Crippen molar-refractivity contribution >= 4 is 0 Å².